The highest BCUT2D eigenvalue weighted by Gasteiger charge is 2.40. The third kappa shape index (κ3) is 2.87. The summed E-state index contributed by atoms with van der Waals surface area (Å²) in [6, 6.07) is 0.507. The first kappa shape index (κ1) is 14.6. The van der Waals surface area contributed by atoms with Crippen molar-refractivity contribution in [3.63, 3.8) is 0 Å². The zero-order chi connectivity index (χ0) is 14.1. The summed E-state index contributed by atoms with van der Waals surface area (Å²) < 4.78 is 79.5. The second kappa shape index (κ2) is 4.68. The van der Waals surface area contributed by atoms with Gasteiger partial charge in [-0.1, -0.05) is 0 Å². The molecule has 0 unspecified atom stereocenters. The van der Waals surface area contributed by atoms with Gasteiger partial charge in [0.15, 0.2) is 0 Å². The lowest BCUT2D eigenvalue weighted by molar-refractivity contribution is -0.143. The normalized spacial score (nSPS) is 12.7. The van der Waals surface area contributed by atoms with Gasteiger partial charge in [-0.3, -0.25) is 0 Å². The summed E-state index contributed by atoms with van der Waals surface area (Å²) in [5.41, 5.74) is -3.59. The van der Waals surface area contributed by atoms with Gasteiger partial charge in [0.05, 0.1) is 19.3 Å². The fraction of sp³-hybridized carbons (Fsp3) is 0.400. The highest BCUT2D eigenvalue weighted by atomic mass is 19.4. The first-order chi connectivity index (χ1) is 8.11. The molecule has 0 radical (unpaired) electrons. The van der Waals surface area contributed by atoms with E-state index in [0.29, 0.717) is 0 Å². The number of aliphatic hydroxyl groups is 1. The molecule has 1 N–H and O–H groups in total. The maximum Gasteiger partial charge on any atom is 0.420 e. The maximum atomic E-state index is 12.6. The SMILES string of the molecule is COc1cc(C(F)(F)F)cc(CO)c1C(F)(F)F. The molecule has 8 heteroatoms. The van der Waals surface area contributed by atoms with Gasteiger partial charge in [0.25, 0.3) is 0 Å². The predicted molar refractivity (Wildman–Crippen MR) is 48.9 cm³/mol. The molecular formula is C10H8F6O2. The minimum Gasteiger partial charge on any atom is -0.496 e. The monoisotopic (exact) mass is 274 g/mol. The average Bonchev–Trinajstić information content (AvgIpc) is 2.24. The first-order valence-electron chi connectivity index (χ1n) is 4.57. The number of methoxy groups -OCH3 is 1. The smallest absolute Gasteiger partial charge is 0.420 e. The van der Waals surface area contributed by atoms with Crippen LogP contribution in [0.2, 0.25) is 0 Å². The number of aliphatic hydroxyl groups excluding tert-OH is 1. The Labute approximate surface area is 97.8 Å². The lowest BCUT2D eigenvalue weighted by Crippen LogP contribution is -2.15. The second-order valence-corrected chi connectivity index (χ2v) is 3.37. The highest BCUT2D eigenvalue weighted by molar-refractivity contribution is 5.46. The van der Waals surface area contributed by atoms with Gasteiger partial charge in [0, 0.05) is 0 Å². The van der Waals surface area contributed by atoms with Crippen LogP contribution in [-0.2, 0) is 19.0 Å². The van der Waals surface area contributed by atoms with Crippen LogP contribution in [0.25, 0.3) is 0 Å². The van der Waals surface area contributed by atoms with Crippen molar-refractivity contribution in [2.45, 2.75) is 19.0 Å². The van der Waals surface area contributed by atoms with E-state index in [4.69, 9.17) is 5.11 Å². The summed E-state index contributed by atoms with van der Waals surface area (Å²) in [5.74, 6) is -0.971. The van der Waals surface area contributed by atoms with Crippen LogP contribution in [0.4, 0.5) is 26.3 Å². The summed E-state index contributed by atoms with van der Waals surface area (Å²) in [6.45, 7) is -1.17. The van der Waals surface area contributed by atoms with Gasteiger partial charge in [-0.25, -0.2) is 0 Å². The molecule has 0 aliphatic rings. The second-order valence-electron chi connectivity index (χ2n) is 3.37. The van der Waals surface area contributed by atoms with Crippen LogP contribution < -0.4 is 4.74 Å². The van der Waals surface area contributed by atoms with Gasteiger partial charge < -0.3 is 9.84 Å². The first-order valence-corrected chi connectivity index (χ1v) is 4.57. The van der Waals surface area contributed by atoms with E-state index >= 15 is 0 Å². The molecule has 0 aromatic heterocycles. The quantitative estimate of drug-likeness (QED) is 0.839. The van der Waals surface area contributed by atoms with E-state index in [1.54, 1.807) is 0 Å². The molecule has 1 aromatic carbocycles. The third-order valence-electron chi connectivity index (χ3n) is 2.18. The summed E-state index contributed by atoms with van der Waals surface area (Å²) in [7, 11) is 0.825. The Kier molecular flexibility index (Phi) is 3.80. The van der Waals surface area contributed by atoms with Crippen LogP contribution in [0.15, 0.2) is 12.1 Å². The van der Waals surface area contributed by atoms with Gasteiger partial charge in [-0.05, 0) is 17.7 Å². The summed E-state index contributed by atoms with van der Waals surface area (Å²) >= 11 is 0. The number of benzene rings is 1. The molecule has 0 saturated carbocycles. The highest BCUT2D eigenvalue weighted by Crippen LogP contribution is 2.42. The van der Waals surface area contributed by atoms with Crippen LogP contribution in [-0.4, -0.2) is 12.2 Å². The number of alkyl halides is 6. The minimum atomic E-state index is -4.91. The van der Waals surface area contributed by atoms with E-state index in [0.717, 1.165) is 7.11 Å². The van der Waals surface area contributed by atoms with Crippen molar-refractivity contribution in [1.29, 1.82) is 0 Å². The Morgan fingerprint density at radius 3 is 1.94 bits per heavy atom. The largest absolute Gasteiger partial charge is 0.496 e. The van der Waals surface area contributed by atoms with Crippen LogP contribution in [0.1, 0.15) is 16.7 Å². The lowest BCUT2D eigenvalue weighted by atomic mass is 10.0. The van der Waals surface area contributed by atoms with Gasteiger partial charge in [-0.15, -0.1) is 0 Å². The number of rotatable bonds is 2. The van der Waals surface area contributed by atoms with Crippen molar-refractivity contribution in [3.05, 3.63) is 28.8 Å². The van der Waals surface area contributed by atoms with Crippen LogP contribution in [0, 0.1) is 0 Å². The third-order valence-corrected chi connectivity index (χ3v) is 2.18. The molecule has 2 nitrogen and oxygen atoms in total. The predicted octanol–water partition coefficient (Wildman–Crippen LogP) is 3.23. The Balaban J connectivity index is 3.55. The number of hydrogen-bond acceptors (Lipinski definition) is 2. The van der Waals surface area contributed by atoms with Crippen molar-refractivity contribution in [1.82, 2.24) is 0 Å². The molecule has 0 saturated heterocycles. The van der Waals surface area contributed by atoms with E-state index < -0.39 is 41.4 Å². The summed E-state index contributed by atoms with van der Waals surface area (Å²) in [4.78, 5) is 0. The van der Waals surface area contributed by atoms with E-state index in [1.807, 2.05) is 0 Å². The van der Waals surface area contributed by atoms with Crippen molar-refractivity contribution in [2.24, 2.45) is 0 Å². The van der Waals surface area contributed by atoms with Gasteiger partial charge in [0.1, 0.15) is 11.3 Å². The topological polar surface area (TPSA) is 29.5 Å². The molecule has 102 valence electrons. The van der Waals surface area contributed by atoms with E-state index in [1.165, 1.54) is 0 Å². The van der Waals surface area contributed by atoms with Gasteiger partial charge >= 0.3 is 12.4 Å². The van der Waals surface area contributed by atoms with Crippen molar-refractivity contribution >= 4 is 0 Å². The number of ether oxygens (including phenoxy) is 1. The van der Waals surface area contributed by atoms with E-state index in [9.17, 15) is 26.3 Å². The molecule has 0 aliphatic carbocycles. The Morgan fingerprint density at radius 1 is 1.06 bits per heavy atom. The average molecular weight is 274 g/mol. The molecule has 0 amide bonds. The molecule has 0 spiro atoms. The lowest BCUT2D eigenvalue weighted by Gasteiger charge is -2.18. The molecule has 0 heterocycles. The van der Waals surface area contributed by atoms with Crippen LogP contribution in [0.5, 0.6) is 5.75 Å². The van der Waals surface area contributed by atoms with Gasteiger partial charge in [-0.2, -0.15) is 26.3 Å². The molecule has 0 atom stereocenters. The number of halogens is 6. The van der Waals surface area contributed by atoms with Crippen molar-refractivity contribution in [3.8, 4) is 5.75 Å². The standard InChI is InChI=1S/C10H8F6O2/c1-18-7-3-6(9(11,12)13)2-5(4-17)8(7)10(14,15)16/h2-3,17H,4H2,1H3. The Morgan fingerprint density at radius 2 is 1.61 bits per heavy atom. The molecular weight excluding hydrogens is 266 g/mol. The fourth-order valence-corrected chi connectivity index (χ4v) is 1.44. The Hall–Kier alpha value is -1.44. The molecule has 0 aliphatic heterocycles. The van der Waals surface area contributed by atoms with Crippen molar-refractivity contribution in [2.75, 3.05) is 7.11 Å². The molecule has 0 bridgehead atoms. The van der Waals surface area contributed by atoms with Crippen LogP contribution >= 0.6 is 0 Å². The zero-order valence-corrected chi connectivity index (χ0v) is 8.99. The minimum absolute atomic E-state index is 0.252. The fourth-order valence-electron chi connectivity index (χ4n) is 1.44. The van der Waals surface area contributed by atoms with Crippen LogP contribution in [0.3, 0.4) is 0 Å². The Bertz CT molecular complexity index is 410. The summed E-state index contributed by atoms with van der Waals surface area (Å²) in [5, 5.41) is 8.77. The molecule has 1 rings (SSSR count). The van der Waals surface area contributed by atoms with Crippen molar-refractivity contribution < 1.29 is 36.2 Å². The maximum absolute atomic E-state index is 12.6. The van der Waals surface area contributed by atoms with E-state index in [-0.39, 0.29) is 12.1 Å². The van der Waals surface area contributed by atoms with E-state index in [2.05, 4.69) is 4.74 Å². The zero-order valence-electron chi connectivity index (χ0n) is 8.99. The molecule has 18 heavy (non-hydrogen) atoms. The van der Waals surface area contributed by atoms with Gasteiger partial charge in [0.2, 0.25) is 0 Å². The molecule has 0 fully saturated rings. The molecule has 1 aromatic rings. The number of hydrogen-bond donors (Lipinski definition) is 1. The summed E-state index contributed by atoms with van der Waals surface area (Å²) in [6.07, 6.45) is -9.73.